The van der Waals surface area contributed by atoms with Crippen molar-refractivity contribution in [3.05, 3.63) is 12.2 Å². The molecule has 0 radical (unpaired) electrons. The quantitative estimate of drug-likeness (QED) is 0.402. The van der Waals surface area contributed by atoms with Gasteiger partial charge in [-0.2, -0.15) is 0 Å². The SMILES string of the molecule is CCC(CC)(OC(=O)/C=C/C(=O)OC(C)C)[P+](=O)[O-]. The smallest absolute Gasteiger partial charge is 0.357 e. The summed E-state index contributed by atoms with van der Waals surface area (Å²) in [4.78, 5) is 33.8. The van der Waals surface area contributed by atoms with Crippen LogP contribution < -0.4 is 4.89 Å². The number of hydrogen-bond donors (Lipinski definition) is 0. The molecule has 0 N–H and O–H groups in total. The van der Waals surface area contributed by atoms with E-state index in [4.69, 9.17) is 9.47 Å². The van der Waals surface area contributed by atoms with E-state index in [1.165, 1.54) is 0 Å². The maximum atomic E-state index is 11.5. The van der Waals surface area contributed by atoms with Crippen molar-refractivity contribution in [3.8, 4) is 0 Å². The Morgan fingerprint density at radius 2 is 1.68 bits per heavy atom. The van der Waals surface area contributed by atoms with E-state index in [1.807, 2.05) is 0 Å². The van der Waals surface area contributed by atoms with Crippen molar-refractivity contribution in [2.24, 2.45) is 0 Å². The zero-order valence-corrected chi connectivity index (χ0v) is 12.4. The van der Waals surface area contributed by atoms with Gasteiger partial charge in [0.1, 0.15) is 0 Å². The minimum Gasteiger partial charge on any atom is -0.592 e. The number of ether oxygens (including phenoxy) is 2. The Kier molecular flexibility index (Phi) is 7.49. The molecule has 0 aliphatic heterocycles. The van der Waals surface area contributed by atoms with Gasteiger partial charge >= 0.3 is 25.3 Å². The zero-order valence-electron chi connectivity index (χ0n) is 11.5. The van der Waals surface area contributed by atoms with E-state index in [-0.39, 0.29) is 18.9 Å². The van der Waals surface area contributed by atoms with E-state index in [9.17, 15) is 19.0 Å². The fraction of sp³-hybridized carbons (Fsp3) is 0.667. The van der Waals surface area contributed by atoms with E-state index < -0.39 is 25.3 Å². The van der Waals surface area contributed by atoms with Crippen LogP contribution in [-0.2, 0) is 23.6 Å². The highest BCUT2D eigenvalue weighted by atomic mass is 31.1. The molecule has 0 aromatic rings. The molecule has 1 unspecified atom stereocenters. The van der Waals surface area contributed by atoms with E-state index in [0.717, 1.165) is 12.2 Å². The molecule has 0 spiro atoms. The molecule has 0 aliphatic carbocycles. The van der Waals surface area contributed by atoms with Gasteiger partial charge in [-0.05, 0) is 13.8 Å². The lowest BCUT2D eigenvalue weighted by Crippen LogP contribution is -2.32. The second-order valence-corrected chi connectivity index (χ2v) is 5.48. The van der Waals surface area contributed by atoms with Crippen LogP contribution in [0.5, 0.6) is 0 Å². The van der Waals surface area contributed by atoms with Gasteiger partial charge in [-0.3, -0.25) is 0 Å². The fourth-order valence-corrected chi connectivity index (χ4v) is 2.00. The van der Waals surface area contributed by atoms with Crippen LogP contribution in [0.1, 0.15) is 40.5 Å². The van der Waals surface area contributed by atoms with E-state index in [1.54, 1.807) is 27.7 Å². The molecular formula is C12H19O6P. The van der Waals surface area contributed by atoms with Gasteiger partial charge in [0.25, 0.3) is 0 Å². The Morgan fingerprint density at radius 1 is 1.21 bits per heavy atom. The van der Waals surface area contributed by atoms with Crippen LogP contribution in [-0.4, -0.2) is 23.4 Å². The molecule has 0 aromatic carbocycles. The van der Waals surface area contributed by atoms with Gasteiger partial charge in [0.15, 0.2) is 0 Å². The first kappa shape index (κ1) is 17.7. The number of hydrogen-bond acceptors (Lipinski definition) is 6. The van der Waals surface area contributed by atoms with Gasteiger partial charge in [0.2, 0.25) is 0 Å². The molecule has 6 nitrogen and oxygen atoms in total. The van der Waals surface area contributed by atoms with E-state index in [0.29, 0.717) is 0 Å². The first-order chi connectivity index (χ1) is 8.77. The normalized spacial score (nSPS) is 12.6. The topological polar surface area (TPSA) is 92.7 Å². The van der Waals surface area contributed by atoms with Crippen LogP contribution in [0.15, 0.2) is 12.2 Å². The van der Waals surface area contributed by atoms with Gasteiger partial charge < -0.3 is 14.4 Å². The molecule has 0 heterocycles. The summed E-state index contributed by atoms with van der Waals surface area (Å²) in [5.41, 5.74) is 0. The Morgan fingerprint density at radius 3 is 2.05 bits per heavy atom. The van der Waals surface area contributed by atoms with Crippen molar-refractivity contribution < 1.29 is 28.5 Å². The molecule has 0 fully saturated rings. The maximum Gasteiger partial charge on any atom is 0.357 e. The monoisotopic (exact) mass is 290 g/mol. The predicted molar refractivity (Wildman–Crippen MR) is 67.4 cm³/mol. The van der Waals surface area contributed by atoms with Crippen molar-refractivity contribution in [1.29, 1.82) is 0 Å². The lowest BCUT2D eigenvalue weighted by atomic mass is 10.2. The number of rotatable bonds is 7. The first-order valence-corrected chi connectivity index (χ1v) is 7.21. The highest BCUT2D eigenvalue weighted by Crippen LogP contribution is 2.39. The Hall–Kier alpha value is -1.26. The van der Waals surface area contributed by atoms with Gasteiger partial charge in [0.05, 0.1) is 6.10 Å². The van der Waals surface area contributed by atoms with Crippen LogP contribution in [0.2, 0.25) is 0 Å². The van der Waals surface area contributed by atoms with E-state index >= 15 is 0 Å². The highest BCUT2D eigenvalue weighted by Gasteiger charge is 2.43. The lowest BCUT2D eigenvalue weighted by molar-refractivity contribution is -0.187. The molecule has 0 bridgehead atoms. The van der Waals surface area contributed by atoms with Crippen LogP contribution in [0, 0.1) is 0 Å². The first-order valence-electron chi connectivity index (χ1n) is 6.03. The minimum absolute atomic E-state index is 0.151. The van der Waals surface area contributed by atoms with Crippen molar-refractivity contribution in [3.63, 3.8) is 0 Å². The standard InChI is InChI=1S/C12H19O6P/c1-5-12(6-2,19(15)16)18-11(14)8-7-10(13)17-9(3)4/h7-9H,5-6H2,1-4H3/b8-7+. The van der Waals surface area contributed by atoms with Crippen LogP contribution in [0.4, 0.5) is 0 Å². The third kappa shape index (κ3) is 5.94. The van der Waals surface area contributed by atoms with Crippen molar-refractivity contribution in [1.82, 2.24) is 0 Å². The molecule has 108 valence electrons. The summed E-state index contributed by atoms with van der Waals surface area (Å²) in [6.07, 6.45) is 1.78. The second kappa shape index (κ2) is 8.02. The summed E-state index contributed by atoms with van der Waals surface area (Å²) in [6, 6.07) is 0. The second-order valence-electron chi connectivity index (χ2n) is 4.15. The summed E-state index contributed by atoms with van der Waals surface area (Å²) in [6.45, 7) is 6.56. The Balaban J connectivity index is 4.64. The third-order valence-electron chi connectivity index (χ3n) is 2.44. The lowest BCUT2D eigenvalue weighted by Gasteiger charge is -2.21. The average molecular weight is 290 g/mol. The molecule has 1 atom stereocenters. The van der Waals surface area contributed by atoms with Crippen molar-refractivity contribution >= 4 is 20.0 Å². The molecule has 0 aromatic heterocycles. The highest BCUT2D eigenvalue weighted by molar-refractivity contribution is 7.38. The fourth-order valence-electron chi connectivity index (χ4n) is 1.32. The van der Waals surface area contributed by atoms with Crippen molar-refractivity contribution in [2.75, 3.05) is 0 Å². The number of carbonyl (C=O) groups is 2. The molecule has 0 rings (SSSR count). The van der Waals surface area contributed by atoms with Crippen molar-refractivity contribution in [2.45, 2.75) is 52.0 Å². The molecule has 0 saturated heterocycles. The zero-order chi connectivity index (χ0) is 15.1. The van der Waals surface area contributed by atoms with Crippen LogP contribution >= 0.6 is 8.03 Å². The summed E-state index contributed by atoms with van der Waals surface area (Å²) < 4.78 is 20.8. The van der Waals surface area contributed by atoms with Gasteiger partial charge in [-0.15, -0.1) is 0 Å². The summed E-state index contributed by atoms with van der Waals surface area (Å²) >= 11 is 0. The summed E-state index contributed by atoms with van der Waals surface area (Å²) in [5, 5.41) is -1.52. The predicted octanol–water partition coefficient (Wildman–Crippen LogP) is 1.66. The van der Waals surface area contributed by atoms with Crippen LogP contribution in [0.25, 0.3) is 0 Å². The molecular weight excluding hydrogens is 271 g/mol. The van der Waals surface area contributed by atoms with E-state index in [2.05, 4.69) is 0 Å². The van der Waals surface area contributed by atoms with Crippen LogP contribution in [0.3, 0.4) is 0 Å². The molecule has 0 aliphatic rings. The van der Waals surface area contributed by atoms with Gasteiger partial charge in [-0.25, -0.2) is 9.59 Å². The third-order valence-corrected chi connectivity index (χ3v) is 3.82. The number of carbonyl (C=O) groups excluding carboxylic acids is 2. The molecule has 7 heteroatoms. The molecule has 0 amide bonds. The Bertz CT molecular complexity index is 370. The van der Waals surface area contributed by atoms with Gasteiger partial charge in [-0.1, -0.05) is 18.4 Å². The minimum atomic E-state index is -2.91. The maximum absolute atomic E-state index is 11.5. The largest absolute Gasteiger partial charge is 0.592 e. The molecule has 0 saturated carbocycles. The summed E-state index contributed by atoms with van der Waals surface area (Å²) in [7, 11) is -2.91. The van der Waals surface area contributed by atoms with Gasteiger partial charge in [0, 0.05) is 25.0 Å². The number of esters is 2. The average Bonchev–Trinajstić information content (AvgIpc) is 2.32. The Labute approximate surface area is 113 Å². The summed E-state index contributed by atoms with van der Waals surface area (Å²) in [5.74, 6) is -1.57. The molecule has 19 heavy (non-hydrogen) atoms.